The van der Waals surface area contributed by atoms with E-state index in [9.17, 15) is 4.79 Å². The van der Waals surface area contributed by atoms with E-state index in [-0.39, 0.29) is 11.8 Å². The third kappa shape index (κ3) is 2.77. The first kappa shape index (κ1) is 10.1. The van der Waals surface area contributed by atoms with Crippen molar-refractivity contribution in [2.45, 2.75) is 38.5 Å². The van der Waals surface area contributed by atoms with Crippen LogP contribution in [-0.4, -0.2) is 5.91 Å². The second-order valence-electron chi connectivity index (χ2n) is 3.80. The number of primary amides is 1. The topological polar surface area (TPSA) is 43.1 Å². The smallest absolute Gasteiger partial charge is 0.220 e. The lowest BCUT2D eigenvalue weighted by Gasteiger charge is -2.18. The van der Waals surface area contributed by atoms with Crippen LogP contribution in [0.15, 0.2) is 0 Å². The van der Waals surface area contributed by atoms with E-state index in [1.54, 1.807) is 0 Å². The Kier molecular flexibility index (Phi) is 3.82. The number of amides is 1. The molecular weight excluding hydrogens is 162 g/mol. The zero-order chi connectivity index (χ0) is 9.68. The molecule has 0 saturated heterocycles. The molecule has 13 heavy (non-hydrogen) atoms. The standard InChI is InChI=1S/C11H17NO/c1-2-3-8-10(11(12)13)9-6-4-5-7-9/h1,9-10H,3-8H2,(H2,12,13). The molecule has 0 aromatic carbocycles. The molecule has 0 heterocycles. The first-order valence-corrected chi connectivity index (χ1v) is 4.98. The maximum Gasteiger partial charge on any atom is 0.220 e. The van der Waals surface area contributed by atoms with Gasteiger partial charge in [0.15, 0.2) is 0 Å². The normalized spacial score (nSPS) is 19.6. The Hall–Kier alpha value is -0.970. The van der Waals surface area contributed by atoms with Gasteiger partial charge in [0.25, 0.3) is 0 Å². The monoisotopic (exact) mass is 179 g/mol. The summed E-state index contributed by atoms with van der Waals surface area (Å²) in [6.07, 6.45) is 11.4. The molecule has 0 spiro atoms. The Morgan fingerprint density at radius 2 is 2.15 bits per heavy atom. The molecule has 2 heteroatoms. The largest absolute Gasteiger partial charge is 0.369 e. The Morgan fingerprint density at radius 3 is 2.62 bits per heavy atom. The highest BCUT2D eigenvalue weighted by atomic mass is 16.1. The number of hydrogen-bond donors (Lipinski definition) is 1. The van der Waals surface area contributed by atoms with Crippen molar-refractivity contribution in [3.8, 4) is 12.3 Å². The highest BCUT2D eigenvalue weighted by Crippen LogP contribution is 2.33. The van der Waals surface area contributed by atoms with Crippen LogP contribution in [0.2, 0.25) is 0 Å². The van der Waals surface area contributed by atoms with Gasteiger partial charge in [0, 0.05) is 12.3 Å². The first-order valence-electron chi connectivity index (χ1n) is 4.98. The van der Waals surface area contributed by atoms with E-state index in [0.717, 1.165) is 19.3 Å². The van der Waals surface area contributed by atoms with Gasteiger partial charge in [-0.05, 0) is 25.2 Å². The van der Waals surface area contributed by atoms with Gasteiger partial charge < -0.3 is 5.73 Å². The number of hydrogen-bond acceptors (Lipinski definition) is 1. The predicted octanol–water partition coefficient (Wildman–Crippen LogP) is 1.69. The molecule has 0 aromatic heterocycles. The van der Waals surface area contributed by atoms with Crippen LogP contribution in [-0.2, 0) is 4.79 Å². The van der Waals surface area contributed by atoms with Crippen molar-refractivity contribution in [3.05, 3.63) is 0 Å². The SMILES string of the molecule is C#CCCC(C(N)=O)C1CCCC1. The third-order valence-corrected chi connectivity index (χ3v) is 2.93. The van der Waals surface area contributed by atoms with Crippen LogP contribution < -0.4 is 5.73 Å². The fourth-order valence-electron chi connectivity index (χ4n) is 2.21. The van der Waals surface area contributed by atoms with E-state index in [4.69, 9.17) is 12.2 Å². The molecule has 2 N–H and O–H groups in total. The van der Waals surface area contributed by atoms with Crippen molar-refractivity contribution in [2.75, 3.05) is 0 Å². The summed E-state index contributed by atoms with van der Waals surface area (Å²) in [5.74, 6) is 2.94. The van der Waals surface area contributed by atoms with Gasteiger partial charge in [-0.25, -0.2) is 0 Å². The molecule has 1 aliphatic rings. The minimum atomic E-state index is -0.165. The van der Waals surface area contributed by atoms with Crippen LogP contribution in [0.1, 0.15) is 38.5 Å². The Bertz CT molecular complexity index is 211. The van der Waals surface area contributed by atoms with E-state index in [1.165, 1.54) is 12.8 Å². The van der Waals surface area contributed by atoms with Crippen LogP contribution in [0.3, 0.4) is 0 Å². The van der Waals surface area contributed by atoms with Crippen LogP contribution in [0.4, 0.5) is 0 Å². The van der Waals surface area contributed by atoms with Crippen molar-refractivity contribution < 1.29 is 4.79 Å². The fraction of sp³-hybridized carbons (Fsp3) is 0.727. The molecule has 1 amide bonds. The lowest BCUT2D eigenvalue weighted by Crippen LogP contribution is -2.28. The van der Waals surface area contributed by atoms with Gasteiger partial charge in [-0.1, -0.05) is 12.8 Å². The predicted molar refractivity (Wildman–Crippen MR) is 52.7 cm³/mol. The molecule has 1 aliphatic carbocycles. The molecule has 1 fully saturated rings. The van der Waals surface area contributed by atoms with E-state index >= 15 is 0 Å². The van der Waals surface area contributed by atoms with Gasteiger partial charge in [-0.15, -0.1) is 12.3 Å². The fourth-order valence-corrected chi connectivity index (χ4v) is 2.21. The number of nitrogens with two attached hydrogens (primary N) is 1. The van der Waals surface area contributed by atoms with E-state index in [2.05, 4.69) is 5.92 Å². The lowest BCUT2D eigenvalue weighted by molar-refractivity contribution is -0.123. The lowest BCUT2D eigenvalue weighted by atomic mass is 9.87. The maximum absolute atomic E-state index is 11.1. The highest BCUT2D eigenvalue weighted by Gasteiger charge is 2.28. The molecule has 0 radical (unpaired) electrons. The number of carbonyl (C=O) groups excluding carboxylic acids is 1. The van der Waals surface area contributed by atoms with Gasteiger partial charge in [-0.3, -0.25) is 4.79 Å². The molecule has 0 aliphatic heterocycles. The van der Waals surface area contributed by atoms with Gasteiger partial charge in [0.05, 0.1) is 0 Å². The Balaban J connectivity index is 2.46. The number of terminal acetylenes is 1. The summed E-state index contributed by atoms with van der Waals surface area (Å²) in [6.45, 7) is 0. The zero-order valence-corrected chi connectivity index (χ0v) is 7.96. The van der Waals surface area contributed by atoms with Crippen molar-refractivity contribution in [1.29, 1.82) is 0 Å². The van der Waals surface area contributed by atoms with Crippen LogP contribution in [0.25, 0.3) is 0 Å². The van der Waals surface area contributed by atoms with Crippen molar-refractivity contribution in [1.82, 2.24) is 0 Å². The summed E-state index contributed by atoms with van der Waals surface area (Å²) in [5.41, 5.74) is 5.35. The maximum atomic E-state index is 11.1. The highest BCUT2D eigenvalue weighted by molar-refractivity contribution is 5.77. The molecule has 72 valence electrons. The number of rotatable bonds is 4. The van der Waals surface area contributed by atoms with Gasteiger partial charge in [0.2, 0.25) is 5.91 Å². The van der Waals surface area contributed by atoms with E-state index in [1.807, 2.05) is 0 Å². The van der Waals surface area contributed by atoms with E-state index < -0.39 is 0 Å². The van der Waals surface area contributed by atoms with Gasteiger partial charge >= 0.3 is 0 Å². The van der Waals surface area contributed by atoms with Crippen LogP contribution >= 0.6 is 0 Å². The van der Waals surface area contributed by atoms with E-state index in [0.29, 0.717) is 12.3 Å². The van der Waals surface area contributed by atoms with Crippen molar-refractivity contribution in [3.63, 3.8) is 0 Å². The quantitative estimate of drug-likeness (QED) is 0.656. The van der Waals surface area contributed by atoms with Crippen molar-refractivity contribution >= 4 is 5.91 Å². The molecule has 2 nitrogen and oxygen atoms in total. The summed E-state index contributed by atoms with van der Waals surface area (Å²) >= 11 is 0. The Labute approximate surface area is 79.9 Å². The van der Waals surface area contributed by atoms with Crippen LogP contribution in [0, 0.1) is 24.2 Å². The molecular formula is C11H17NO. The summed E-state index contributed by atoms with van der Waals surface area (Å²) in [6, 6.07) is 0. The summed E-state index contributed by atoms with van der Waals surface area (Å²) in [5, 5.41) is 0. The number of carbonyl (C=O) groups is 1. The molecule has 1 unspecified atom stereocenters. The molecule has 1 rings (SSSR count). The molecule has 0 aromatic rings. The average molecular weight is 179 g/mol. The minimum Gasteiger partial charge on any atom is -0.369 e. The van der Waals surface area contributed by atoms with Crippen LogP contribution in [0.5, 0.6) is 0 Å². The van der Waals surface area contributed by atoms with Crippen molar-refractivity contribution in [2.24, 2.45) is 17.6 Å². The molecule has 1 atom stereocenters. The Morgan fingerprint density at radius 1 is 1.54 bits per heavy atom. The molecule has 1 saturated carbocycles. The zero-order valence-electron chi connectivity index (χ0n) is 7.96. The average Bonchev–Trinajstić information content (AvgIpc) is 2.57. The second-order valence-corrected chi connectivity index (χ2v) is 3.80. The molecule has 0 bridgehead atoms. The second kappa shape index (κ2) is 4.91. The van der Waals surface area contributed by atoms with Gasteiger partial charge in [-0.2, -0.15) is 0 Å². The minimum absolute atomic E-state index is 0.0264. The third-order valence-electron chi connectivity index (χ3n) is 2.93. The summed E-state index contributed by atoms with van der Waals surface area (Å²) in [4.78, 5) is 11.1. The summed E-state index contributed by atoms with van der Waals surface area (Å²) in [7, 11) is 0. The first-order chi connectivity index (χ1) is 6.25. The van der Waals surface area contributed by atoms with Gasteiger partial charge in [0.1, 0.15) is 0 Å². The summed E-state index contributed by atoms with van der Waals surface area (Å²) < 4.78 is 0.